The average molecular weight is 469 g/mol. The molecule has 9 heteroatoms. The van der Waals surface area contributed by atoms with Gasteiger partial charge in [-0.15, -0.1) is 0 Å². The summed E-state index contributed by atoms with van der Waals surface area (Å²) in [6, 6.07) is 23.2. The molecule has 0 aromatic heterocycles. The zero-order chi connectivity index (χ0) is 24.7. The van der Waals surface area contributed by atoms with Crippen LogP contribution in [0.2, 0.25) is 0 Å². The number of carbonyl (C=O) groups is 2. The fraction of sp³-hybridized carbons (Fsp3) is 0.200. The highest BCUT2D eigenvalue weighted by Crippen LogP contribution is 2.41. The molecule has 3 N–H and O–H groups in total. The molecule has 0 bridgehead atoms. The summed E-state index contributed by atoms with van der Waals surface area (Å²) in [5.41, 5.74) is 7.94. The van der Waals surface area contributed by atoms with Crippen LogP contribution >= 0.6 is 0 Å². The van der Waals surface area contributed by atoms with Gasteiger partial charge in [0.15, 0.2) is 5.54 Å². The lowest BCUT2D eigenvalue weighted by molar-refractivity contribution is -0.228. The van der Waals surface area contributed by atoms with E-state index in [1.54, 1.807) is 48.5 Å². The van der Waals surface area contributed by atoms with Crippen molar-refractivity contribution in [3.8, 4) is 11.1 Å². The lowest BCUT2D eigenvalue weighted by Gasteiger charge is -2.32. The van der Waals surface area contributed by atoms with E-state index >= 15 is 0 Å². The van der Waals surface area contributed by atoms with E-state index in [1.807, 2.05) is 37.3 Å². The van der Waals surface area contributed by atoms with E-state index in [0.29, 0.717) is 11.1 Å². The Labute approximate surface area is 194 Å². The Kier molecular flexibility index (Phi) is 5.71. The Bertz CT molecular complexity index is 1230. The Morgan fingerprint density at radius 3 is 2.18 bits per heavy atom. The number of nitrogens with zero attached hydrogens (tertiary/aromatic N) is 1. The lowest BCUT2D eigenvalue weighted by atomic mass is 9.81. The van der Waals surface area contributed by atoms with Gasteiger partial charge in [-0.05, 0) is 35.2 Å². The van der Waals surface area contributed by atoms with Gasteiger partial charge >= 0.3 is 18.1 Å². The number of benzene rings is 3. The maximum atomic E-state index is 13.7. The van der Waals surface area contributed by atoms with Crippen molar-refractivity contribution in [2.45, 2.75) is 24.6 Å². The Morgan fingerprint density at radius 2 is 1.56 bits per heavy atom. The van der Waals surface area contributed by atoms with Gasteiger partial charge in [0.1, 0.15) is 0 Å². The predicted molar refractivity (Wildman–Crippen MR) is 119 cm³/mol. The van der Waals surface area contributed by atoms with Crippen molar-refractivity contribution in [3.05, 3.63) is 95.6 Å². The number of hydrogen-bond donors (Lipinski definition) is 2. The van der Waals surface area contributed by atoms with Gasteiger partial charge in [-0.3, -0.25) is 15.4 Å². The third kappa shape index (κ3) is 3.93. The number of rotatable bonds is 4. The van der Waals surface area contributed by atoms with Gasteiger partial charge < -0.3 is 4.74 Å². The standard InChI is InChI=1S/C25H22F3N3O3/c1-16-11-13-17(14-12-16)18-7-6-10-20(15-18)23(19-8-4-3-5-9-19)21(32)31(2)25(29,30-23)34-22(33)24(26,27)28/h3-15,30H,29H2,1-2H3. The summed E-state index contributed by atoms with van der Waals surface area (Å²) >= 11 is 0. The van der Waals surface area contributed by atoms with Gasteiger partial charge in [0, 0.05) is 7.05 Å². The molecule has 1 saturated heterocycles. The van der Waals surface area contributed by atoms with Crippen molar-refractivity contribution in [2.75, 3.05) is 7.05 Å². The monoisotopic (exact) mass is 469 g/mol. The summed E-state index contributed by atoms with van der Waals surface area (Å²) in [6.07, 6.45) is -5.29. The minimum atomic E-state index is -5.29. The van der Waals surface area contributed by atoms with E-state index in [0.717, 1.165) is 21.6 Å². The maximum absolute atomic E-state index is 13.7. The number of nitrogens with two attached hydrogens (primary N) is 1. The maximum Gasteiger partial charge on any atom is 0.491 e. The highest BCUT2D eigenvalue weighted by molar-refractivity contribution is 5.95. The highest BCUT2D eigenvalue weighted by Gasteiger charge is 2.62. The third-order valence-corrected chi connectivity index (χ3v) is 5.86. The van der Waals surface area contributed by atoms with Crippen molar-refractivity contribution in [2.24, 2.45) is 5.73 Å². The van der Waals surface area contributed by atoms with Gasteiger partial charge in [-0.25, -0.2) is 10.1 Å². The van der Waals surface area contributed by atoms with E-state index in [4.69, 9.17) is 5.73 Å². The van der Waals surface area contributed by atoms with Crippen LogP contribution in [0.25, 0.3) is 11.1 Å². The second-order valence-corrected chi connectivity index (χ2v) is 8.14. The van der Waals surface area contributed by atoms with Crippen molar-refractivity contribution in [1.29, 1.82) is 0 Å². The van der Waals surface area contributed by atoms with Crippen LogP contribution in [0.1, 0.15) is 16.7 Å². The van der Waals surface area contributed by atoms with Gasteiger partial charge in [-0.2, -0.15) is 13.2 Å². The summed E-state index contributed by atoms with van der Waals surface area (Å²) in [7, 11) is 1.17. The number of alkyl halides is 3. The van der Waals surface area contributed by atoms with E-state index in [9.17, 15) is 22.8 Å². The fourth-order valence-corrected chi connectivity index (χ4v) is 4.03. The second kappa shape index (κ2) is 8.27. The van der Waals surface area contributed by atoms with Gasteiger partial charge in [0.2, 0.25) is 0 Å². The first-order valence-electron chi connectivity index (χ1n) is 10.4. The summed E-state index contributed by atoms with van der Waals surface area (Å²) in [5.74, 6) is -5.74. The number of carbonyl (C=O) groups excluding carboxylic acids is 2. The molecule has 2 atom stereocenters. The van der Waals surface area contributed by atoms with E-state index in [1.165, 1.54) is 7.05 Å². The Morgan fingerprint density at radius 1 is 0.941 bits per heavy atom. The summed E-state index contributed by atoms with van der Waals surface area (Å²) in [6.45, 7) is 1.96. The molecular formula is C25H22F3N3O3. The Balaban J connectivity index is 1.86. The molecule has 0 saturated carbocycles. The fourth-order valence-electron chi connectivity index (χ4n) is 4.03. The van der Waals surface area contributed by atoms with E-state index in [-0.39, 0.29) is 0 Å². The van der Waals surface area contributed by atoms with Crippen LogP contribution in [-0.4, -0.2) is 36.0 Å². The number of amides is 1. The molecule has 3 aromatic carbocycles. The van der Waals surface area contributed by atoms with Crippen molar-refractivity contribution in [3.63, 3.8) is 0 Å². The SMILES string of the molecule is Cc1ccc(-c2cccc(C3(c4ccccc4)NC(N)(OC(=O)C(F)(F)F)N(C)C3=O)c2)cc1. The van der Waals surface area contributed by atoms with Crippen LogP contribution in [-0.2, 0) is 19.9 Å². The molecule has 176 valence electrons. The van der Waals surface area contributed by atoms with Gasteiger partial charge in [-0.1, -0.05) is 78.4 Å². The lowest BCUT2D eigenvalue weighted by Crippen LogP contribution is -2.64. The quantitative estimate of drug-likeness (QED) is 0.450. The topological polar surface area (TPSA) is 84.7 Å². The smallest absolute Gasteiger partial charge is 0.404 e. The molecule has 1 amide bonds. The summed E-state index contributed by atoms with van der Waals surface area (Å²) < 4.78 is 43.4. The largest absolute Gasteiger partial charge is 0.491 e. The molecule has 1 heterocycles. The van der Waals surface area contributed by atoms with Gasteiger partial charge in [0.05, 0.1) is 0 Å². The zero-order valence-electron chi connectivity index (χ0n) is 18.4. The van der Waals surface area contributed by atoms with Crippen LogP contribution in [0.15, 0.2) is 78.9 Å². The number of nitrogens with one attached hydrogen (secondary N) is 1. The minimum absolute atomic E-state index is 0.420. The first-order chi connectivity index (χ1) is 16.0. The molecule has 4 rings (SSSR count). The van der Waals surface area contributed by atoms with Crippen LogP contribution in [0.4, 0.5) is 13.2 Å². The number of hydrogen-bond acceptors (Lipinski definition) is 5. The second-order valence-electron chi connectivity index (χ2n) is 8.14. The number of aryl methyl sites for hydroxylation is 1. The molecular weight excluding hydrogens is 447 g/mol. The van der Waals surface area contributed by atoms with Crippen molar-refractivity contribution < 1.29 is 27.5 Å². The number of esters is 1. The minimum Gasteiger partial charge on any atom is -0.404 e. The first kappa shape index (κ1) is 23.5. The van der Waals surface area contributed by atoms with Crippen LogP contribution in [0.3, 0.4) is 0 Å². The molecule has 3 aromatic rings. The normalized spacial score (nSPS) is 22.6. The molecule has 0 aliphatic carbocycles. The Hall–Kier alpha value is -3.69. The molecule has 6 nitrogen and oxygen atoms in total. The molecule has 2 unspecified atom stereocenters. The molecule has 34 heavy (non-hydrogen) atoms. The first-order valence-corrected chi connectivity index (χ1v) is 10.4. The molecule has 1 aliphatic rings. The van der Waals surface area contributed by atoms with Crippen LogP contribution < -0.4 is 11.1 Å². The number of likely N-dealkylation sites (N-methyl/N-ethyl adjacent to an activating group) is 1. The van der Waals surface area contributed by atoms with Crippen LogP contribution in [0.5, 0.6) is 0 Å². The summed E-state index contributed by atoms with van der Waals surface area (Å²) in [4.78, 5) is 26.1. The predicted octanol–water partition coefficient (Wildman–Crippen LogP) is 3.64. The molecule has 1 aliphatic heterocycles. The van der Waals surface area contributed by atoms with Gasteiger partial charge in [0.25, 0.3) is 5.91 Å². The van der Waals surface area contributed by atoms with Crippen molar-refractivity contribution >= 4 is 11.9 Å². The summed E-state index contributed by atoms with van der Waals surface area (Å²) in [5, 5.41) is 2.71. The van der Waals surface area contributed by atoms with Crippen molar-refractivity contribution in [1.82, 2.24) is 10.2 Å². The average Bonchev–Trinajstić information content (AvgIpc) is 3.01. The number of ether oxygens (including phenoxy) is 1. The molecule has 0 radical (unpaired) electrons. The third-order valence-electron chi connectivity index (χ3n) is 5.86. The molecule has 0 spiro atoms. The highest BCUT2D eigenvalue weighted by atomic mass is 19.4. The van der Waals surface area contributed by atoms with E-state index < -0.39 is 29.6 Å². The zero-order valence-corrected chi connectivity index (χ0v) is 18.4. The molecule has 1 fully saturated rings. The number of halogens is 3. The van der Waals surface area contributed by atoms with E-state index in [2.05, 4.69) is 10.1 Å². The van der Waals surface area contributed by atoms with Crippen LogP contribution in [0, 0.1) is 6.92 Å².